The van der Waals surface area contributed by atoms with Crippen LogP contribution in [-0.4, -0.2) is 147 Å². The van der Waals surface area contributed by atoms with Gasteiger partial charge in [-0.1, -0.05) is 6.07 Å². The maximum atomic E-state index is 11.7. The number of nitrogens with two attached hydrogens (primary N) is 1. The Hall–Kier alpha value is -0.276. The predicted octanol–water partition coefficient (Wildman–Crippen LogP) is -5.67. The fraction of sp³-hybridized carbons (Fsp3) is 0.364. The molecule has 2 N–H and O–H groups in total. The summed E-state index contributed by atoms with van der Waals surface area (Å²) in [5, 5.41) is 0. The minimum atomic E-state index is -0.837. The summed E-state index contributed by atoms with van der Waals surface area (Å²) in [5.74, 6) is 0.146. The van der Waals surface area contributed by atoms with Crippen molar-refractivity contribution in [3.8, 4) is 0 Å². The highest BCUT2D eigenvalue weighted by Gasteiger charge is 2.42. The van der Waals surface area contributed by atoms with E-state index in [9.17, 15) is 4.79 Å². The lowest BCUT2D eigenvalue weighted by Gasteiger charge is -2.41. The number of amides is 1. The van der Waals surface area contributed by atoms with Crippen LogP contribution in [-0.2, 0) is 11.2 Å². The minimum absolute atomic E-state index is 0.146. The van der Waals surface area contributed by atoms with Crippen LogP contribution in [0, 0.1) is 0 Å². The standard InChI is InChI=1S/C11H14N2O.B19/c1-7(2)13-10-5-3-4-9(12)8(10)6-11(13)14;1-11-16(10)19(17(12(2)3)13(4)5)18(14(6)7)15(8)9/h3-5,7H,6,12H2,1-2H3;. The van der Waals surface area contributed by atoms with Crippen LogP contribution in [0.1, 0.15) is 19.4 Å². The zero-order valence-corrected chi connectivity index (χ0v) is 19.4. The number of hydrogen-bond donors (Lipinski definition) is 1. The van der Waals surface area contributed by atoms with Crippen LogP contribution >= 0.6 is 0 Å². The van der Waals surface area contributed by atoms with Crippen LogP contribution < -0.4 is 10.6 Å². The second kappa shape index (κ2) is 13.7. The zero-order chi connectivity index (χ0) is 25.6. The molecule has 0 unspecified atom stereocenters. The molecule has 0 aliphatic carbocycles. The van der Waals surface area contributed by atoms with Gasteiger partial charge in [0.2, 0.25) is 5.91 Å². The molecule has 1 heterocycles. The molecule has 0 spiro atoms. The van der Waals surface area contributed by atoms with Gasteiger partial charge < -0.3 is 10.6 Å². The third-order valence-electron chi connectivity index (χ3n) is 5.89. The van der Waals surface area contributed by atoms with Crippen LogP contribution in [0.2, 0.25) is 0 Å². The first kappa shape index (κ1) is 30.8. The van der Waals surface area contributed by atoms with Gasteiger partial charge in [-0.15, -0.1) is 0 Å². The smallest absolute Gasteiger partial charge is 0.231 e. The van der Waals surface area contributed by atoms with Gasteiger partial charge >= 0.3 is 0 Å². The molecule has 1 aromatic rings. The largest absolute Gasteiger partial charge is 0.398 e. The van der Waals surface area contributed by atoms with Gasteiger partial charge in [0.1, 0.15) is 0 Å². The maximum Gasteiger partial charge on any atom is 0.231 e. The highest BCUT2D eigenvalue weighted by Crippen LogP contribution is 2.33. The van der Waals surface area contributed by atoms with E-state index in [1.807, 2.05) is 36.9 Å². The number of carbonyl (C=O) groups excluding carboxylic acids is 1. The normalized spacial score (nSPS) is 11.6. The summed E-state index contributed by atoms with van der Waals surface area (Å²) in [4.78, 5) is 13.5. The third kappa shape index (κ3) is 7.86. The van der Waals surface area contributed by atoms with E-state index in [0.29, 0.717) is 6.42 Å². The molecule has 0 saturated heterocycles. The van der Waals surface area contributed by atoms with E-state index >= 15 is 0 Å². The van der Waals surface area contributed by atoms with Crippen molar-refractivity contribution in [2.24, 2.45) is 0 Å². The molecule has 21 radical (unpaired) electrons. The summed E-state index contributed by atoms with van der Waals surface area (Å²) >= 11 is 0. The van der Waals surface area contributed by atoms with E-state index in [0.717, 1.165) is 16.9 Å². The lowest BCUT2D eigenvalue weighted by molar-refractivity contribution is -0.117. The van der Waals surface area contributed by atoms with Crippen molar-refractivity contribution in [3.05, 3.63) is 23.8 Å². The topological polar surface area (TPSA) is 46.3 Å². The minimum Gasteiger partial charge on any atom is -0.398 e. The van der Waals surface area contributed by atoms with Gasteiger partial charge in [-0.25, -0.2) is 0 Å². The van der Waals surface area contributed by atoms with Crippen LogP contribution in [0.3, 0.4) is 0 Å². The van der Waals surface area contributed by atoms with Gasteiger partial charge in [-0.3, -0.25) is 4.79 Å². The number of anilines is 2. The van der Waals surface area contributed by atoms with E-state index in [2.05, 4.69) is 0 Å². The first-order valence-corrected chi connectivity index (χ1v) is 10.8. The molecule has 1 aromatic carbocycles. The summed E-state index contributed by atoms with van der Waals surface area (Å²) in [7, 11) is 58.4. The molecular formula is C11H14B19N2O. The SMILES string of the molecule is CC(C)N1C(=O)Cc2c(N)cccc21.[B][B]B([B])B(B(B([B])[B])B([B])[B])B(B([B])[B])B([B])[B]. The molecule has 0 fully saturated rings. The summed E-state index contributed by atoms with van der Waals surface area (Å²) in [5.41, 5.74) is 8.49. The lowest BCUT2D eigenvalue weighted by atomic mass is 8.40. The molecule has 1 amide bonds. The average Bonchev–Trinajstić information content (AvgIpc) is 3.03. The second-order valence-corrected chi connectivity index (χ2v) is 8.69. The van der Waals surface area contributed by atoms with Crippen molar-refractivity contribution in [2.45, 2.75) is 26.3 Å². The van der Waals surface area contributed by atoms with E-state index < -0.39 is 51.1 Å². The van der Waals surface area contributed by atoms with E-state index in [1.54, 1.807) is 0 Å². The van der Waals surface area contributed by atoms with Gasteiger partial charge in [-0.2, -0.15) is 0 Å². The maximum absolute atomic E-state index is 11.7. The number of fused-ring (bicyclic) bond motifs is 1. The molecule has 131 valence electrons. The average molecular weight is 396 g/mol. The molecule has 2 rings (SSSR count). The van der Waals surface area contributed by atoms with Gasteiger partial charge in [0.05, 0.1) is 6.42 Å². The molecule has 0 aromatic heterocycles. The fourth-order valence-corrected chi connectivity index (χ4v) is 4.38. The Morgan fingerprint density at radius 2 is 1.33 bits per heavy atom. The van der Waals surface area contributed by atoms with Crippen LogP contribution in [0.5, 0.6) is 0 Å². The molecule has 33 heavy (non-hydrogen) atoms. The number of carbonyl (C=O) groups is 1. The van der Waals surface area contributed by atoms with Crippen LogP contribution in [0.4, 0.5) is 11.4 Å². The van der Waals surface area contributed by atoms with Crippen molar-refractivity contribution >= 4 is 153 Å². The number of nitrogen functional groups attached to an aromatic ring is 1. The number of rotatable bonds is 9. The summed E-state index contributed by atoms with van der Waals surface area (Å²) < 4.78 is 0. The Morgan fingerprint density at radius 3 is 1.70 bits per heavy atom. The highest BCUT2D eigenvalue weighted by molar-refractivity contribution is 8.18. The van der Waals surface area contributed by atoms with Gasteiger partial charge in [0.15, 0.2) is 0 Å². The molecule has 0 bridgehead atoms. The molecular weight excluding hydrogens is 382 g/mol. The van der Waals surface area contributed by atoms with E-state index in [1.165, 1.54) is 7.06 Å². The van der Waals surface area contributed by atoms with Gasteiger partial charge in [0, 0.05) is 158 Å². The van der Waals surface area contributed by atoms with Crippen molar-refractivity contribution in [2.75, 3.05) is 10.6 Å². The Kier molecular flexibility index (Phi) is 12.8. The Balaban J connectivity index is 0.000000342. The quantitative estimate of drug-likeness (QED) is 0.335. The van der Waals surface area contributed by atoms with Crippen molar-refractivity contribution < 1.29 is 4.79 Å². The Morgan fingerprint density at radius 1 is 0.879 bits per heavy atom. The Labute approximate surface area is 217 Å². The molecule has 1 aliphatic heterocycles. The monoisotopic (exact) mass is 399 g/mol. The van der Waals surface area contributed by atoms with Crippen LogP contribution in [0.25, 0.3) is 0 Å². The summed E-state index contributed by atoms with van der Waals surface area (Å²) in [6.45, 7) is 4.02. The Bertz CT molecular complexity index is 727. The molecule has 0 atom stereocenters. The third-order valence-corrected chi connectivity index (χ3v) is 5.89. The molecule has 0 saturated carbocycles. The van der Waals surface area contributed by atoms with Crippen LogP contribution in [0.15, 0.2) is 18.2 Å². The lowest BCUT2D eigenvalue weighted by Crippen LogP contribution is -2.79. The van der Waals surface area contributed by atoms with Crippen molar-refractivity contribution in [3.63, 3.8) is 0 Å². The molecule has 3 nitrogen and oxygen atoms in total. The predicted molar refractivity (Wildman–Crippen MR) is 167 cm³/mol. The fourth-order valence-electron chi connectivity index (χ4n) is 4.38. The number of hydrogen-bond acceptors (Lipinski definition) is 2. The van der Waals surface area contributed by atoms with E-state index in [4.69, 9.17) is 83.1 Å². The number of benzene rings is 1. The highest BCUT2D eigenvalue weighted by atomic mass is 16.2. The first-order chi connectivity index (χ1) is 15.3. The van der Waals surface area contributed by atoms with E-state index in [-0.39, 0.29) is 11.9 Å². The van der Waals surface area contributed by atoms with Gasteiger partial charge in [-0.05, 0) is 26.0 Å². The summed E-state index contributed by atoms with van der Waals surface area (Å²) in [6, 6.07) is 5.89. The second-order valence-electron chi connectivity index (χ2n) is 8.69. The van der Waals surface area contributed by atoms with Crippen molar-refractivity contribution in [1.29, 1.82) is 0 Å². The zero-order valence-electron chi connectivity index (χ0n) is 19.4. The molecule has 22 heteroatoms. The first-order valence-electron chi connectivity index (χ1n) is 10.8. The summed E-state index contributed by atoms with van der Waals surface area (Å²) in [6.07, 6.45) is -5.28. The van der Waals surface area contributed by atoms with Gasteiger partial charge in [0.25, 0.3) is 0 Å². The molecule has 1 aliphatic rings. The van der Waals surface area contributed by atoms with Crippen molar-refractivity contribution in [1.82, 2.24) is 0 Å². The number of nitrogens with zero attached hydrogens (tertiary/aromatic N) is 1.